The molecule has 0 saturated heterocycles. The van der Waals surface area contributed by atoms with Crippen molar-refractivity contribution in [1.82, 2.24) is 4.57 Å². The molecule has 0 bridgehead atoms. The highest BCUT2D eigenvalue weighted by Gasteiger charge is 2.05. The molecule has 2 aromatic carbocycles. The molecule has 0 spiro atoms. The SMILES string of the molecule is Clc1cccc(Cn2ccc3cccc(Cl)c32)c1. The summed E-state index contributed by atoms with van der Waals surface area (Å²) in [4.78, 5) is 0. The van der Waals surface area contributed by atoms with Crippen LogP contribution in [0.15, 0.2) is 54.7 Å². The molecule has 0 N–H and O–H groups in total. The summed E-state index contributed by atoms with van der Waals surface area (Å²) in [7, 11) is 0. The Balaban J connectivity index is 2.05. The molecule has 1 aromatic heterocycles. The Labute approximate surface area is 116 Å². The van der Waals surface area contributed by atoms with Crippen LogP contribution in [0.4, 0.5) is 0 Å². The van der Waals surface area contributed by atoms with Gasteiger partial charge in [-0.1, -0.05) is 47.5 Å². The number of aromatic nitrogens is 1. The summed E-state index contributed by atoms with van der Waals surface area (Å²) in [6.07, 6.45) is 2.05. The van der Waals surface area contributed by atoms with Gasteiger partial charge in [0.15, 0.2) is 0 Å². The summed E-state index contributed by atoms with van der Waals surface area (Å²) in [5, 5.41) is 2.69. The van der Waals surface area contributed by atoms with Gasteiger partial charge in [-0.05, 0) is 29.8 Å². The van der Waals surface area contributed by atoms with Gasteiger partial charge >= 0.3 is 0 Å². The van der Waals surface area contributed by atoms with Crippen molar-refractivity contribution in [2.45, 2.75) is 6.54 Å². The predicted octanol–water partition coefficient (Wildman–Crippen LogP) is 5.00. The second-order valence-electron chi connectivity index (χ2n) is 4.25. The highest BCUT2D eigenvalue weighted by atomic mass is 35.5. The Morgan fingerprint density at radius 3 is 2.61 bits per heavy atom. The summed E-state index contributed by atoms with van der Waals surface area (Å²) in [6, 6.07) is 15.9. The standard InChI is InChI=1S/C15H11Cl2N/c16-13-5-1-3-11(9-13)10-18-8-7-12-4-2-6-14(17)15(12)18/h1-9H,10H2. The second-order valence-corrected chi connectivity index (χ2v) is 5.09. The number of hydrogen-bond acceptors (Lipinski definition) is 0. The fourth-order valence-corrected chi connectivity index (χ4v) is 2.68. The first kappa shape index (κ1) is 11.6. The van der Waals surface area contributed by atoms with E-state index in [0.717, 1.165) is 27.5 Å². The van der Waals surface area contributed by atoms with E-state index in [9.17, 15) is 0 Å². The zero-order valence-electron chi connectivity index (χ0n) is 9.61. The Morgan fingerprint density at radius 1 is 0.944 bits per heavy atom. The lowest BCUT2D eigenvalue weighted by Crippen LogP contribution is -1.97. The van der Waals surface area contributed by atoms with Crippen LogP contribution in [0.25, 0.3) is 10.9 Å². The summed E-state index contributed by atoms with van der Waals surface area (Å²) >= 11 is 12.3. The number of nitrogens with zero attached hydrogens (tertiary/aromatic N) is 1. The minimum absolute atomic E-state index is 0.759. The Hall–Kier alpha value is -1.44. The lowest BCUT2D eigenvalue weighted by molar-refractivity contribution is 0.837. The Morgan fingerprint density at radius 2 is 1.78 bits per heavy atom. The maximum atomic E-state index is 6.25. The van der Waals surface area contributed by atoms with Crippen LogP contribution in [-0.4, -0.2) is 4.57 Å². The lowest BCUT2D eigenvalue weighted by Gasteiger charge is -2.07. The molecule has 0 aliphatic heterocycles. The first-order chi connectivity index (χ1) is 8.74. The van der Waals surface area contributed by atoms with E-state index in [1.54, 1.807) is 0 Å². The van der Waals surface area contributed by atoms with E-state index in [1.807, 2.05) is 30.3 Å². The minimum atomic E-state index is 0.759. The van der Waals surface area contributed by atoms with Crippen molar-refractivity contribution in [1.29, 1.82) is 0 Å². The van der Waals surface area contributed by atoms with E-state index >= 15 is 0 Å². The van der Waals surface area contributed by atoms with Crippen molar-refractivity contribution in [2.24, 2.45) is 0 Å². The van der Waals surface area contributed by atoms with E-state index < -0.39 is 0 Å². The minimum Gasteiger partial charge on any atom is -0.342 e. The molecular formula is C15H11Cl2N. The smallest absolute Gasteiger partial charge is 0.0672 e. The van der Waals surface area contributed by atoms with Crippen LogP contribution in [-0.2, 0) is 6.54 Å². The predicted molar refractivity (Wildman–Crippen MR) is 77.5 cm³/mol. The molecule has 0 unspecified atom stereocenters. The molecule has 1 heterocycles. The van der Waals surface area contributed by atoms with Crippen LogP contribution < -0.4 is 0 Å². The van der Waals surface area contributed by atoms with Crippen LogP contribution in [0.1, 0.15) is 5.56 Å². The molecule has 90 valence electrons. The second kappa shape index (κ2) is 4.68. The third kappa shape index (κ3) is 2.12. The number of para-hydroxylation sites is 1. The van der Waals surface area contributed by atoms with E-state index in [-0.39, 0.29) is 0 Å². The molecule has 0 aliphatic carbocycles. The van der Waals surface area contributed by atoms with Crippen LogP contribution in [0.2, 0.25) is 10.0 Å². The zero-order valence-corrected chi connectivity index (χ0v) is 11.1. The van der Waals surface area contributed by atoms with Gasteiger partial charge in [0.1, 0.15) is 0 Å². The van der Waals surface area contributed by atoms with Gasteiger partial charge in [0, 0.05) is 23.2 Å². The highest BCUT2D eigenvalue weighted by molar-refractivity contribution is 6.35. The van der Waals surface area contributed by atoms with Crippen LogP contribution >= 0.6 is 23.2 Å². The van der Waals surface area contributed by atoms with Crippen molar-refractivity contribution in [2.75, 3.05) is 0 Å². The van der Waals surface area contributed by atoms with Gasteiger partial charge in [-0.25, -0.2) is 0 Å². The fourth-order valence-electron chi connectivity index (χ4n) is 2.18. The summed E-state index contributed by atoms with van der Waals surface area (Å²) in [6.45, 7) is 0.772. The molecule has 0 fully saturated rings. The van der Waals surface area contributed by atoms with Crippen molar-refractivity contribution in [3.8, 4) is 0 Å². The molecule has 0 atom stereocenters. The van der Waals surface area contributed by atoms with Gasteiger partial charge < -0.3 is 4.57 Å². The largest absolute Gasteiger partial charge is 0.342 e. The molecule has 3 heteroatoms. The summed E-state index contributed by atoms with van der Waals surface area (Å²) in [5.74, 6) is 0. The third-order valence-electron chi connectivity index (χ3n) is 2.98. The van der Waals surface area contributed by atoms with Crippen LogP contribution in [0.5, 0.6) is 0 Å². The number of fused-ring (bicyclic) bond motifs is 1. The Kier molecular flexibility index (Phi) is 3.02. The molecular weight excluding hydrogens is 265 g/mol. The van der Waals surface area contributed by atoms with Gasteiger partial charge in [-0.3, -0.25) is 0 Å². The van der Waals surface area contributed by atoms with Crippen LogP contribution in [0, 0.1) is 0 Å². The van der Waals surface area contributed by atoms with Gasteiger partial charge in [0.05, 0.1) is 10.5 Å². The van der Waals surface area contributed by atoms with Crippen molar-refractivity contribution in [3.63, 3.8) is 0 Å². The third-order valence-corrected chi connectivity index (χ3v) is 3.52. The first-order valence-corrected chi connectivity index (χ1v) is 6.47. The number of hydrogen-bond donors (Lipinski definition) is 0. The van der Waals surface area contributed by atoms with E-state index in [1.165, 1.54) is 5.56 Å². The monoisotopic (exact) mass is 275 g/mol. The van der Waals surface area contributed by atoms with Crippen molar-refractivity contribution in [3.05, 3.63) is 70.3 Å². The molecule has 3 rings (SSSR count). The van der Waals surface area contributed by atoms with Gasteiger partial charge in [-0.15, -0.1) is 0 Å². The maximum Gasteiger partial charge on any atom is 0.0672 e. The molecule has 3 aromatic rings. The average molecular weight is 276 g/mol. The maximum absolute atomic E-state index is 6.25. The average Bonchev–Trinajstić information content (AvgIpc) is 2.74. The van der Waals surface area contributed by atoms with E-state index in [4.69, 9.17) is 23.2 Å². The Bertz CT molecular complexity index is 701. The normalized spacial score (nSPS) is 11.0. The molecule has 0 saturated carbocycles. The number of halogens is 2. The lowest BCUT2D eigenvalue weighted by atomic mass is 10.2. The summed E-state index contributed by atoms with van der Waals surface area (Å²) in [5.41, 5.74) is 2.24. The van der Waals surface area contributed by atoms with E-state index in [0.29, 0.717) is 0 Å². The zero-order chi connectivity index (χ0) is 12.5. The van der Waals surface area contributed by atoms with E-state index in [2.05, 4.69) is 29.0 Å². The highest BCUT2D eigenvalue weighted by Crippen LogP contribution is 2.25. The van der Waals surface area contributed by atoms with Crippen LogP contribution in [0.3, 0.4) is 0 Å². The van der Waals surface area contributed by atoms with Gasteiger partial charge in [0.2, 0.25) is 0 Å². The molecule has 0 aliphatic rings. The molecule has 0 amide bonds. The molecule has 0 radical (unpaired) electrons. The van der Waals surface area contributed by atoms with Gasteiger partial charge in [0.25, 0.3) is 0 Å². The number of rotatable bonds is 2. The quantitative estimate of drug-likeness (QED) is 0.621. The van der Waals surface area contributed by atoms with Crippen molar-refractivity contribution >= 4 is 34.1 Å². The first-order valence-electron chi connectivity index (χ1n) is 5.72. The van der Waals surface area contributed by atoms with Gasteiger partial charge in [-0.2, -0.15) is 0 Å². The topological polar surface area (TPSA) is 4.93 Å². The number of benzene rings is 2. The van der Waals surface area contributed by atoms with Crippen molar-refractivity contribution < 1.29 is 0 Å². The summed E-state index contributed by atoms with van der Waals surface area (Å²) < 4.78 is 2.14. The fraction of sp³-hybridized carbons (Fsp3) is 0.0667. The molecule has 1 nitrogen and oxygen atoms in total. The molecule has 18 heavy (non-hydrogen) atoms.